The molecular weight excluding hydrogens is 441 g/mol. The second-order valence-electron chi connectivity index (χ2n) is 6.01. The Bertz CT molecular complexity index is 359. The minimum absolute atomic E-state index is 0.339. The van der Waals surface area contributed by atoms with Gasteiger partial charge in [0.1, 0.15) is 0 Å². The third-order valence-corrected chi connectivity index (χ3v) is 11.6. The molecular formula is C13H29IO6P2. The van der Waals surface area contributed by atoms with Crippen LogP contribution in [-0.4, -0.2) is 27.8 Å². The molecule has 0 radical (unpaired) electrons. The first-order valence-corrected chi connectivity index (χ1v) is 11.9. The van der Waals surface area contributed by atoms with Crippen molar-refractivity contribution < 1.29 is 27.2 Å². The van der Waals surface area contributed by atoms with Crippen LogP contribution < -0.4 is 0 Å². The van der Waals surface area contributed by atoms with Gasteiger partial charge in [-0.1, -0.05) is 22.6 Å². The van der Waals surface area contributed by atoms with E-state index in [4.69, 9.17) is 18.1 Å². The van der Waals surface area contributed by atoms with Crippen LogP contribution in [-0.2, 0) is 27.2 Å². The van der Waals surface area contributed by atoms with Crippen LogP contribution >= 0.6 is 37.8 Å². The van der Waals surface area contributed by atoms with Crippen LogP contribution in [0.5, 0.6) is 0 Å². The van der Waals surface area contributed by atoms with Crippen molar-refractivity contribution in [2.45, 2.75) is 83.2 Å². The molecule has 0 aromatic rings. The molecule has 0 unspecified atom stereocenters. The molecule has 9 heteroatoms. The predicted molar refractivity (Wildman–Crippen MR) is 97.9 cm³/mol. The molecule has 0 amide bonds. The molecule has 0 saturated carbocycles. The van der Waals surface area contributed by atoms with E-state index in [9.17, 15) is 9.13 Å². The molecule has 0 aliphatic carbocycles. The van der Waals surface area contributed by atoms with E-state index in [0.29, 0.717) is 0 Å². The highest BCUT2D eigenvalue weighted by molar-refractivity contribution is 14.1. The smallest absolute Gasteiger partial charge is 0.305 e. The summed E-state index contributed by atoms with van der Waals surface area (Å²) < 4.78 is 47.3. The third kappa shape index (κ3) is 7.73. The maximum absolute atomic E-state index is 13.2. The fourth-order valence-corrected chi connectivity index (χ4v) is 8.07. The normalized spacial score (nSPS) is 14.1. The van der Waals surface area contributed by atoms with Gasteiger partial charge in [0.25, 0.3) is 0 Å². The summed E-state index contributed by atoms with van der Waals surface area (Å²) in [6, 6.07) is 0. The Morgan fingerprint density at radius 1 is 0.591 bits per heavy atom. The number of alkyl halides is 1. The van der Waals surface area contributed by atoms with Crippen LogP contribution in [0.2, 0.25) is 0 Å². The molecule has 134 valence electrons. The average molecular weight is 470 g/mol. The van der Waals surface area contributed by atoms with Crippen molar-refractivity contribution in [2.24, 2.45) is 0 Å². The Morgan fingerprint density at radius 3 is 0.909 bits per heavy atom. The third-order valence-electron chi connectivity index (χ3n) is 1.95. The van der Waals surface area contributed by atoms with E-state index in [-0.39, 0.29) is 24.4 Å². The number of hydrogen-bond donors (Lipinski definition) is 0. The van der Waals surface area contributed by atoms with Crippen LogP contribution in [0.3, 0.4) is 0 Å². The lowest BCUT2D eigenvalue weighted by atomic mass is 10.5. The Kier molecular flexibility index (Phi) is 9.94. The molecule has 0 N–H and O–H groups in total. The first kappa shape index (κ1) is 23.0. The molecule has 0 saturated heterocycles. The standard InChI is InChI=1S/C13H29IO6P2/c1-9(2)17-21(15,18-10(3)4)13(14)22(16,19-11(5)6)20-12(7)8/h9-13H,1-8H3. The van der Waals surface area contributed by atoms with Gasteiger partial charge in [0.2, 0.25) is 3.41 Å². The van der Waals surface area contributed by atoms with E-state index in [1.165, 1.54) is 0 Å². The summed E-state index contributed by atoms with van der Waals surface area (Å²) in [7, 11) is -7.37. The highest BCUT2D eigenvalue weighted by Crippen LogP contribution is 2.74. The van der Waals surface area contributed by atoms with Crippen molar-refractivity contribution in [1.82, 2.24) is 0 Å². The molecule has 0 aliphatic rings. The lowest BCUT2D eigenvalue weighted by Crippen LogP contribution is -2.19. The second kappa shape index (κ2) is 9.50. The van der Waals surface area contributed by atoms with E-state index in [0.717, 1.165) is 0 Å². The molecule has 0 bridgehead atoms. The van der Waals surface area contributed by atoms with Crippen LogP contribution in [0.1, 0.15) is 55.4 Å². The largest absolute Gasteiger partial charge is 0.356 e. The van der Waals surface area contributed by atoms with Gasteiger partial charge in [0.15, 0.2) is 0 Å². The van der Waals surface area contributed by atoms with Crippen molar-refractivity contribution in [2.75, 3.05) is 0 Å². The molecule has 0 atom stereocenters. The summed E-state index contributed by atoms with van der Waals surface area (Å²) >= 11 is 1.81. The van der Waals surface area contributed by atoms with Gasteiger partial charge in [-0.2, -0.15) is 0 Å². The highest BCUT2D eigenvalue weighted by Gasteiger charge is 2.51. The van der Waals surface area contributed by atoms with Crippen LogP contribution in [0.4, 0.5) is 0 Å². The monoisotopic (exact) mass is 470 g/mol. The Hall–Kier alpha value is 1.03. The van der Waals surface area contributed by atoms with Gasteiger partial charge in [0.05, 0.1) is 24.4 Å². The maximum Gasteiger partial charge on any atom is 0.356 e. The Morgan fingerprint density at radius 2 is 0.773 bits per heavy atom. The topological polar surface area (TPSA) is 71.1 Å². The van der Waals surface area contributed by atoms with Crippen molar-refractivity contribution in [1.29, 1.82) is 0 Å². The minimum Gasteiger partial charge on any atom is -0.305 e. The lowest BCUT2D eigenvalue weighted by Gasteiger charge is -2.32. The van der Waals surface area contributed by atoms with Gasteiger partial charge < -0.3 is 18.1 Å². The van der Waals surface area contributed by atoms with Gasteiger partial charge in [-0.3, -0.25) is 9.13 Å². The molecule has 22 heavy (non-hydrogen) atoms. The molecule has 0 heterocycles. The molecule has 0 aromatic heterocycles. The van der Waals surface area contributed by atoms with Crippen molar-refractivity contribution in [3.8, 4) is 0 Å². The number of halogens is 1. The van der Waals surface area contributed by atoms with E-state index in [2.05, 4.69) is 0 Å². The van der Waals surface area contributed by atoms with Gasteiger partial charge in [-0.25, -0.2) is 0 Å². The molecule has 0 spiro atoms. The molecule has 0 fully saturated rings. The van der Waals surface area contributed by atoms with Crippen LogP contribution in [0.25, 0.3) is 0 Å². The summed E-state index contributed by atoms with van der Waals surface area (Å²) in [6.45, 7) is 14.0. The molecule has 6 nitrogen and oxygen atoms in total. The minimum atomic E-state index is -3.68. The zero-order valence-corrected chi connectivity index (χ0v) is 18.6. The predicted octanol–water partition coefficient (Wildman–Crippen LogP) is 5.79. The van der Waals surface area contributed by atoms with Gasteiger partial charge >= 0.3 is 15.2 Å². The summed E-state index contributed by atoms with van der Waals surface area (Å²) in [5.41, 5.74) is 0. The fraction of sp³-hybridized carbons (Fsp3) is 1.00. The average Bonchev–Trinajstić information content (AvgIpc) is 2.22. The Labute approximate surface area is 148 Å². The highest BCUT2D eigenvalue weighted by atomic mass is 127. The zero-order valence-electron chi connectivity index (χ0n) is 14.6. The SMILES string of the molecule is CC(C)OP(=O)(OC(C)C)C(I)P(=O)(OC(C)C)OC(C)C. The van der Waals surface area contributed by atoms with E-state index < -0.39 is 18.6 Å². The summed E-state index contributed by atoms with van der Waals surface area (Å²) in [5.74, 6) is 0. The van der Waals surface area contributed by atoms with Crippen molar-refractivity contribution >= 4 is 37.8 Å². The van der Waals surface area contributed by atoms with Crippen LogP contribution in [0, 0.1) is 0 Å². The Balaban J connectivity index is 5.65. The zero-order chi connectivity index (χ0) is 17.7. The number of hydrogen-bond acceptors (Lipinski definition) is 6. The molecule has 0 aliphatic heterocycles. The van der Waals surface area contributed by atoms with Crippen molar-refractivity contribution in [3.63, 3.8) is 0 Å². The maximum atomic E-state index is 13.2. The van der Waals surface area contributed by atoms with Gasteiger partial charge in [0, 0.05) is 0 Å². The summed E-state index contributed by atoms with van der Waals surface area (Å²) in [4.78, 5) is 0. The first-order chi connectivity index (χ1) is 9.82. The quantitative estimate of drug-likeness (QED) is 0.229. The van der Waals surface area contributed by atoms with Gasteiger partial charge in [-0.15, -0.1) is 0 Å². The van der Waals surface area contributed by atoms with E-state index >= 15 is 0 Å². The van der Waals surface area contributed by atoms with Crippen LogP contribution in [0.15, 0.2) is 0 Å². The van der Waals surface area contributed by atoms with E-state index in [1.54, 1.807) is 78.0 Å². The molecule has 0 aromatic carbocycles. The fourth-order valence-electron chi connectivity index (χ4n) is 1.60. The molecule has 0 rings (SSSR count). The number of rotatable bonds is 10. The van der Waals surface area contributed by atoms with E-state index in [1.807, 2.05) is 0 Å². The lowest BCUT2D eigenvalue weighted by molar-refractivity contribution is 0.130. The first-order valence-electron chi connectivity index (χ1n) is 7.39. The summed E-state index contributed by atoms with van der Waals surface area (Å²) in [6.07, 6.45) is -1.36. The van der Waals surface area contributed by atoms with Gasteiger partial charge in [-0.05, 0) is 55.4 Å². The summed E-state index contributed by atoms with van der Waals surface area (Å²) in [5, 5.41) is 0. The van der Waals surface area contributed by atoms with Crippen molar-refractivity contribution in [3.05, 3.63) is 0 Å². The second-order valence-corrected chi connectivity index (χ2v) is 13.7.